The van der Waals surface area contributed by atoms with Crippen molar-refractivity contribution in [3.63, 3.8) is 0 Å². The van der Waals surface area contributed by atoms with Crippen molar-refractivity contribution in [3.05, 3.63) is 29.8 Å². The first-order valence-electron chi connectivity index (χ1n) is 8.61. The molecule has 0 unspecified atom stereocenters. The fourth-order valence-corrected chi connectivity index (χ4v) is 2.88. The molecule has 0 aromatic heterocycles. The molecule has 0 spiro atoms. The molecule has 7 heteroatoms. The summed E-state index contributed by atoms with van der Waals surface area (Å²) in [6.45, 7) is 2.72. The van der Waals surface area contributed by atoms with Crippen molar-refractivity contribution in [1.82, 2.24) is 5.32 Å². The maximum absolute atomic E-state index is 12.5. The van der Waals surface area contributed by atoms with Gasteiger partial charge in [0.25, 0.3) is 5.91 Å². The number of carbonyl (C=O) groups excluding carboxylic acids is 3. The SMILES string of the molecule is C[C@@H](OC(=O)CCCCCNC(N)=O)C(=O)N1CCc2ccccc21. The molecule has 0 radical (unpaired) electrons. The Kier molecular flexibility index (Phi) is 6.80. The molecule has 1 aliphatic rings. The average Bonchev–Trinajstić information content (AvgIpc) is 3.01. The summed E-state index contributed by atoms with van der Waals surface area (Å²) in [6, 6.07) is 7.22. The Morgan fingerprint density at radius 3 is 2.76 bits per heavy atom. The summed E-state index contributed by atoms with van der Waals surface area (Å²) in [7, 11) is 0. The molecule has 7 nitrogen and oxygen atoms in total. The van der Waals surface area contributed by atoms with E-state index < -0.39 is 12.1 Å². The molecule has 25 heavy (non-hydrogen) atoms. The minimum absolute atomic E-state index is 0.191. The van der Waals surface area contributed by atoms with E-state index in [1.165, 1.54) is 0 Å². The topological polar surface area (TPSA) is 102 Å². The van der Waals surface area contributed by atoms with Crippen molar-refractivity contribution in [2.24, 2.45) is 5.73 Å². The molecule has 136 valence electrons. The van der Waals surface area contributed by atoms with Crippen LogP contribution >= 0.6 is 0 Å². The van der Waals surface area contributed by atoms with Gasteiger partial charge in [-0.15, -0.1) is 0 Å². The van der Waals surface area contributed by atoms with E-state index in [-0.39, 0.29) is 18.3 Å². The molecule has 1 heterocycles. The molecule has 0 fully saturated rings. The monoisotopic (exact) mass is 347 g/mol. The number of amides is 3. The zero-order valence-electron chi connectivity index (χ0n) is 14.5. The molecule has 0 aliphatic carbocycles. The van der Waals surface area contributed by atoms with Crippen LogP contribution in [0.4, 0.5) is 10.5 Å². The number of rotatable bonds is 8. The standard InChI is InChI=1S/C18H25N3O4/c1-13(25-16(22)9-3-2-6-11-20-18(19)24)17(23)21-12-10-14-7-4-5-8-15(14)21/h4-5,7-8,13H,2-3,6,9-12H2,1H3,(H3,19,20,24)/t13-/m1/s1. The average molecular weight is 347 g/mol. The Morgan fingerprint density at radius 2 is 2.00 bits per heavy atom. The molecule has 1 atom stereocenters. The normalized spacial score (nSPS) is 13.9. The van der Waals surface area contributed by atoms with Gasteiger partial charge in [-0.05, 0) is 37.8 Å². The molecule has 1 aliphatic heterocycles. The summed E-state index contributed by atoms with van der Waals surface area (Å²) in [5.74, 6) is -0.569. The molecule has 1 aromatic rings. The van der Waals surface area contributed by atoms with Crippen LogP contribution in [0, 0.1) is 0 Å². The maximum Gasteiger partial charge on any atom is 0.312 e. The molecule has 0 bridgehead atoms. The number of hydrogen-bond donors (Lipinski definition) is 2. The van der Waals surface area contributed by atoms with E-state index in [0.29, 0.717) is 19.5 Å². The summed E-state index contributed by atoms with van der Waals surface area (Å²) in [6.07, 6.45) is 2.45. The van der Waals surface area contributed by atoms with Crippen molar-refractivity contribution < 1.29 is 19.1 Å². The van der Waals surface area contributed by atoms with E-state index in [1.54, 1.807) is 11.8 Å². The highest BCUT2D eigenvalue weighted by molar-refractivity contribution is 5.99. The minimum Gasteiger partial charge on any atom is -0.453 e. The molecule has 1 aromatic carbocycles. The van der Waals surface area contributed by atoms with Gasteiger partial charge < -0.3 is 20.7 Å². The molecule has 0 saturated carbocycles. The largest absolute Gasteiger partial charge is 0.453 e. The number of nitrogens with zero attached hydrogens (tertiary/aromatic N) is 1. The van der Waals surface area contributed by atoms with E-state index in [2.05, 4.69) is 5.32 Å². The maximum atomic E-state index is 12.5. The molecular formula is C18H25N3O4. The van der Waals surface area contributed by atoms with Gasteiger partial charge in [-0.1, -0.05) is 24.6 Å². The third-order valence-electron chi connectivity index (χ3n) is 4.17. The lowest BCUT2D eigenvalue weighted by atomic mass is 10.2. The van der Waals surface area contributed by atoms with Crippen molar-refractivity contribution >= 4 is 23.6 Å². The smallest absolute Gasteiger partial charge is 0.312 e. The van der Waals surface area contributed by atoms with Gasteiger partial charge in [-0.3, -0.25) is 9.59 Å². The number of carbonyl (C=O) groups is 3. The highest BCUT2D eigenvalue weighted by atomic mass is 16.5. The van der Waals surface area contributed by atoms with Crippen LogP contribution < -0.4 is 16.0 Å². The highest BCUT2D eigenvalue weighted by Gasteiger charge is 2.29. The van der Waals surface area contributed by atoms with Crippen molar-refractivity contribution in [3.8, 4) is 0 Å². The number of fused-ring (bicyclic) bond motifs is 1. The Bertz CT molecular complexity index is 633. The highest BCUT2D eigenvalue weighted by Crippen LogP contribution is 2.28. The number of ether oxygens (including phenoxy) is 1. The first kappa shape index (κ1) is 18.8. The lowest BCUT2D eigenvalue weighted by Gasteiger charge is -2.21. The Hall–Kier alpha value is -2.57. The Labute approximate surface area is 147 Å². The summed E-state index contributed by atoms with van der Waals surface area (Å²) in [5.41, 5.74) is 7.00. The number of nitrogens with one attached hydrogen (secondary N) is 1. The molecular weight excluding hydrogens is 322 g/mol. The lowest BCUT2D eigenvalue weighted by Crippen LogP contribution is -2.39. The first-order chi connectivity index (χ1) is 12.0. The van der Waals surface area contributed by atoms with Crippen molar-refractivity contribution in [2.45, 2.75) is 45.1 Å². The van der Waals surface area contributed by atoms with Crippen LogP contribution in [-0.4, -0.2) is 37.1 Å². The van der Waals surface area contributed by atoms with Crippen molar-refractivity contribution in [1.29, 1.82) is 0 Å². The molecule has 0 saturated heterocycles. The van der Waals surface area contributed by atoms with E-state index in [9.17, 15) is 14.4 Å². The van der Waals surface area contributed by atoms with Gasteiger partial charge in [0.2, 0.25) is 0 Å². The number of urea groups is 1. The summed E-state index contributed by atoms with van der Waals surface area (Å²) in [4.78, 5) is 36.6. The summed E-state index contributed by atoms with van der Waals surface area (Å²) in [5, 5.41) is 2.49. The number of hydrogen-bond acceptors (Lipinski definition) is 4. The fraction of sp³-hybridized carbons (Fsp3) is 0.500. The first-order valence-corrected chi connectivity index (χ1v) is 8.61. The fourth-order valence-electron chi connectivity index (χ4n) is 2.88. The predicted molar refractivity (Wildman–Crippen MR) is 94.1 cm³/mol. The Morgan fingerprint density at radius 1 is 1.24 bits per heavy atom. The van der Waals surface area contributed by atoms with Crippen molar-refractivity contribution in [2.75, 3.05) is 18.0 Å². The van der Waals surface area contributed by atoms with Gasteiger partial charge >= 0.3 is 12.0 Å². The van der Waals surface area contributed by atoms with Gasteiger partial charge in [-0.25, -0.2) is 4.79 Å². The Balaban J connectivity index is 1.71. The van der Waals surface area contributed by atoms with Crippen LogP contribution in [0.5, 0.6) is 0 Å². The van der Waals surface area contributed by atoms with E-state index in [0.717, 1.165) is 30.5 Å². The van der Waals surface area contributed by atoms with Gasteiger partial charge in [0.1, 0.15) is 0 Å². The number of anilines is 1. The van der Waals surface area contributed by atoms with Gasteiger partial charge in [0.05, 0.1) is 0 Å². The number of esters is 1. The van der Waals surface area contributed by atoms with Crippen LogP contribution in [0.1, 0.15) is 38.2 Å². The van der Waals surface area contributed by atoms with Crippen LogP contribution in [0.25, 0.3) is 0 Å². The third kappa shape index (κ3) is 5.48. The quantitative estimate of drug-likeness (QED) is 0.552. The number of benzene rings is 1. The van der Waals surface area contributed by atoms with Crippen LogP contribution in [0.15, 0.2) is 24.3 Å². The zero-order chi connectivity index (χ0) is 18.2. The number of unbranched alkanes of at least 4 members (excludes halogenated alkanes) is 2. The summed E-state index contributed by atoms with van der Waals surface area (Å²) >= 11 is 0. The van der Waals surface area contributed by atoms with E-state index in [1.807, 2.05) is 24.3 Å². The second-order valence-electron chi connectivity index (χ2n) is 6.10. The van der Waals surface area contributed by atoms with Gasteiger partial charge in [0.15, 0.2) is 6.10 Å². The molecule has 3 amide bonds. The zero-order valence-corrected chi connectivity index (χ0v) is 14.5. The second-order valence-corrected chi connectivity index (χ2v) is 6.10. The number of para-hydroxylation sites is 1. The predicted octanol–water partition coefficient (Wildman–Crippen LogP) is 1.74. The van der Waals surface area contributed by atoms with Gasteiger partial charge in [0, 0.05) is 25.2 Å². The lowest BCUT2D eigenvalue weighted by molar-refractivity contribution is -0.154. The summed E-state index contributed by atoms with van der Waals surface area (Å²) < 4.78 is 5.26. The van der Waals surface area contributed by atoms with Gasteiger partial charge in [-0.2, -0.15) is 0 Å². The number of primary amides is 1. The van der Waals surface area contributed by atoms with Crippen LogP contribution in [-0.2, 0) is 20.7 Å². The molecule has 3 N–H and O–H groups in total. The van der Waals surface area contributed by atoms with E-state index >= 15 is 0 Å². The minimum atomic E-state index is -0.796. The van der Waals surface area contributed by atoms with Crippen LogP contribution in [0.2, 0.25) is 0 Å². The van der Waals surface area contributed by atoms with E-state index in [4.69, 9.17) is 10.5 Å². The second kappa shape index (κ2) is 9.05. The molecule has 2 rings (SSSR count). The third-order valence-corrected chi connectivity index (χ3v) is 4.17. The van der Waals surface area contributed by atoms with Crippen LogP contribution in [0.3, 0.4) is 0 Å². The number of nitrogens with two attached hydrogens (primary N) is 1.